The van der Waals surface area contributed by atoms with E-state index in [9.17, 15) is 28.5 Å². The molecule has 2 aliphatic carbocycles. The van der Waals surface area contributed by atoms with Crippen molar-refractivity contribution >= 4 is 34.3 Å². The first-order chi connectivity index (χ1) is 20.0. The van der Waals surface area contributed by atoms with Gasteiger partial charge in [0.25, 0.3) is 5.69 Å². The molecular weight excluding hydrogens is 542 g/mol. The molecule has 2 aliphatic rings. The summed E-state index contributed by atoms with van der Waals surface area (Å²) < 4.78 is 26.0. The lowest BCUT2D eigenvalue weighted by atomic mass is 9.88. The molecule has 10 heteroatoms. The van der Waals surface area contributed by atoms with Crippen molar-refractivity contribution < 1.29 is 23.3 Å². The van der Waals surface area contributed by atoms with Crippen molar-refractivity contribution in [1.29, 1.82) is 0 Å². The first-order valence-corrected chi connectivity index (χ1v) is 14.6. The number of halogens is 2. The number of carbonyl (C=O) groups excluding carboxylic acids is 2. The van der Waals surface area contributed by atoms with Crippen molar-refractivity contribution in [2.45, 2.75) is 77.8 Å². The van der Waals surface area contributed by atoms with Crippen LogP contribution in [0.1, 0.15) is 69.9 Å². The molecule has 1 saturated carbocycles. The number of nitrogen functional groups attached to an aromatic ring is 1. The van der Waals surface area contributed by atoms with Crippen molar-refractivity contribution in [2.75, 3.05) is 29.5 Å². The minimum absolute atomic E-state index is 0.0312. The Morgan fingerprint density at radius 2 is 1.48 bits per heavy atom. The van der Waals surface area contributed by atoms with Crippen LogP contribution in [0.2, 0.25) is 0 Å². The maximum absolute atomic E-state index is 13.1. The summed E-state index contributed by atoms with van der Waals surface area (Å²) in [6.45, 7) is 4.43. The largest absolute Gasteiger partial charge is 0.397 e. The molecule has 1 atom stereocenters. The molecule has 0 aromatic heterocycles. The predicted molar refractivity (Wildman–Crippen MR) is 163 cm³/mol. The predicted octanol–water partition coefficient (Wildman–Crippen LogP) is 7.13. The number of ketones is 2. The number of nitrogens with zero attached hydrogens (tertiary/aromatic N) is 1. The van der Waals surface area contributed by atoms with Gasteiger partial charge in [0.1, 0.15) is 23.4 Å². The van der Waals surface area contributed by atoms with E-state index in [1.54, 1.807) is 25.1 Å². The SMILES string of the molecule is CC(=O)Cc1ccc(NCC2CC=C(F)CC2)c([N+](=O)[O-])c1.CC(=O)Cc1ccc(NCC2CCC(F)CC2)c(N)c1. The number of rotatable bonds is 11. The van der Waals surface area contributed by atoms with E-state index in [0.717, 1.165) is 37.1 Å². The Morgan fingerprint density at radius 1 is 0.905 bits per heavy atom. The molecule has 228 valence electrons. The van der Waals surface area contributed by atoms with Crippen LogP contribution in [0.3, 0.4) is 0 Å². The summed E-state index contributed by atoms with van der Waals surface area (Å²) in [6, 6.07) is 10.5. The van der Waals surface area contributed by atoms with Crippen LogP contribution in [-0.4, -0.2) is 35.8 Å². The smallest absolute Gasteiger partial charge is 0.292 e. The molecule has 0 aliphatic heterocycles. The third-order valence-corrected chi connectivity index (χ3v) is 7.68. The Kier molecular flexibility index (Phi) is 12.4. The summed E-state index contributed by atoms with van der Waals surface area (Å²) in [6.07, 6.45) is 6.65. The number of nitro benzene ring substituents is 1. The maximum atomic E-state index is 13.1. The molecule has 42 heavy (non-hydrogen) atoms. The van der Waals surface area contributed by atoms with Gasteiger partial charge in [-0.2, -0.15) is 0 Å². The van der Waals surface area contributed by atoms with Gasteiger partial charge in [-0.15, -0.1) is 0 Å². The summed E-state index contributed by atoms with van der Waals surface area (Å²) in [5, 5.41) is 17.6. The Bertz CT molecular complexity index is 1280. The van der Waals surface area contributed by atoms with Gasteiger partial charge >= 0.3 is 0 Å². The topological polar surface area (TPSA) is 127 Å². The molecule has 1 unspecified atom stereocenters. The van der Waals surface area contributed by atoms with Gasteiger partial charge in [-0.3, -0.25) is 19.7 Å². The number of alkyl halides is 1. The molecule has 0 spiro atoms. The number of nitro groups is 1. The van der Waals surface area contributed by atoms with Gasteiger partial charge in [0, 0.05) is 32.0 Å². The number of hydrogen-bond acceptors (Lipinski definition) is 7. The van der Waals surface area contributed by atoms with Gasteiger partial charge in [0.05, 0.1) is 22.1 Å². The van der Waals surface area contributed by atoms with Crippen molar-refractivity contribution in [3.05, 3.63) is 69.5 Å². The van der Waals surface area contributed by atoms with E-state index < -0.39 is 11.1 Å². The molecule has 0 saturated heterocycles. The van der Waals surface area contributed by atoms with Gasteiger partial charge in [-0.1, -0.05) is 18.2 Å². The first kappa shape index (κ1) is 32.7. The highest BCUT2D eigenvalue weighted by Crippen LogP contribution is 2.30. The van der Waals surface area contributed by atoms with Gasteiger partial charge in [-0.05, 0) is 100.0 Å². The van der Waals surface area contributed by atoms with Crippen LogP contribution in [0.15, 0.2) is 48.3 Å². The third kappa shape index (κ3) is 10.9. The molecule has 1 fully saturated rings. The average molecular weight is 585 g/mol. The Balaban J connectivity index is 0.000000231. The lowest BCUT2D eigenvalue weighted by molar-refractivity contribution is -0.384. The van der Waals surface area contributed by atoms with Crippen LogP contribution in [0.25, 0.3) is 0 Å². The molecule has 0 bridgehead atoms. The fourth-order valence-electron chi connectivity index (χ4n) is 5.32. The van der Waals surface area contributed by atoms with Gasteiger partial charge in [0.15, 0.2) is 0 Å². The second-order valence-electron chi connectivity index (χ2n) is 11.5. The molecule has 2 aromatic rings. The fraction of sp³-hybridized carbons (Fsp3) is 0.500. The van der Waals surface area contributed by atoms with Gasteiger partial charge in [-0.25, -0.2) is 8.78 Å². The standard InChI is InChI=1S/C16H19FN2O3.C16H23FN2O/c1-11(20)8-13-4-7-15(16(9-13)19(21)22)18-10-12-2-5-14(17)6-3-12;1-11(20)8-13-4-7-16(15(18)9-13)19-10-12-2-5-14(17)6-3-12/h4-5,7,9,12,18H,2-3,6,8,10H2,1H3;4,7,9,12,14,19H,2-3,5-6,8,10,18H2,1H3. The molecule has 8 nitrogen and oxygen atoms in total. The lowest BCUT2D eigenvalue weighted by Crippen LogP contribution is -2.22. The third-order valence-electron chi connectivity index (χ3n) is 7.68. The Morgan fingerprint density at radius 3 is 2.02 bits per heavy atom. The van der Waals surface area contributed by atoms with Crippen LogP contribution in [-0.2, 0) is 22.4 Å². The molecular formula is C32H42F2N4O4. The van der Waals surface area contributed by atoms with Crippen LogP contribution >= 0.6 is 0 Å². The molecule has 0 heterocycles. The van der Waals surface area contributed by atoms with Gasteiger partial charge in [0.2, 0.25) is 0 Å². The Hall–Kier alpha value is -3.82. The van der Waals surface area contributed by atoms with E-state index in [1.807, 2.05) is 18.2 Å². The number of anilines is 3. The van der Waals surface area contributed by atoms with E-state index in [0.29, 0.717) is 61.5 Å². The van der Waals surface area contributed by atoms with Gasteiger partial charge < -0.3 is 16.4 Å². The minimum atomic E-state index is -0.609. The highest BCUT2D eigenvalue weighted by molar-refractivity contribution is 5.80. The second-order valence-corrected chi connectivity index (χ2v) is 11.5. The molecule has 0 radical (unpaired) electrons. The van der Waals surface area contributed by atoms with Crippen LogP contribution in [0.4, 0.5) is 31.5 Å². The lowest BCUT2D eigenvalue weighted by Gasteiger charge is -2.25. The zero-order valence-corrected chi connectivity index (χ0v) is 24.5. The molecule has 0 amide bonds. The van der Waals surface area contributed by atoms with Crippen molar-refractivity contribution in [1.82, 2.24) is 0 Å². The first-order valence-electron chi connectivity index (χ1n) is 14.6. The fourth-order valence-corrected chi connectivity index (χ4v) is 5.32. The van der Waals surface area contributed by atoms with Crippen molar-refractivity contribution in [3.8, 4) is 0 Å². The monoisotopic (exact) mass is 584 g/mol. The van der Waals surface area contributed by atoms with Crippen molar-refractivity contribution in [3.63, 3.8) is 0 Å². The highest BCUT2D eigenvalue weighted by Gasteiger charge is 2.21. The summed E-state index contributed by atoms with van der Waals surface area (Å²) in [5.74, 6) is 0.823. The summed E-state index contributed by atoms with van der Waals surface area (Å²) in [4.78, 5) is 32.9. The number of benzene rings is 2. The summed E-state index contributed by atoms with van der Waals surface area (Å²) >= 11 is 0. The van der Waals surface area contributed by atoms with E-state index >= 15 is 0 Å². The quantitative estimate of drug-likeness (QED) is 0.146. The van der Waals surface area contributed by atoms with Crippen LogP contribution in [0, 0.1) is 22.0 Å². The normalized spacial score (nSPS) is 20.0. The highest BCUT2D eigenvalue weighted by atomic mass is 19.1. The number of nitrogens with one attached hydrogen (secondary N) is 2. The number of hydrogen-bond donors (Lipinski definition) is 3. The van der Waals surface area contributed by atoms with Crippen molar-refractivity contribution in [2.24, 2.45) is 11.8 Å². The van der Waals surface area contributed by atoms with Crippen LogP contribution in [0.5, 0.6) is 0 Å². The average Bonchev–Trinajstić information content (AvgIpc) is 2.93. The Labute approximate surface area is 246 Å². The zero-order valence-electron chi connectivity index (χ0n) is 24.5. The van der Waals surface area contributed by atoms with E-state index in [-0.39, 0.29) is 35.4 Å². The number of allylic oxidation sites excluding steroid dienone is 2. The second kappa shape index (κ2) is 16.0. The van der Waals surface area contributed by atoms with E-state index in [2.05, 4.69) is 10.6 Å². The summed E-state index contributed by atoms with van der Waals surface area (Å²) in [7, 11) is 0. The maximum Gasteiger partial charge on any atom is 0.292 e. The number of nitrogens with two attached hydrogens (primary N) is 1. The summed E-state index contributed by atoms with van der Waals surface area (Å²) in [5.41, 5.74) is 9.55. The minimum Gasteiger partial charge on any atom is -0.397 e. The van der Waals surface area contributed by atoms with E-state index in [1.165, 1.54) is 13.0 Å². The van der Waals surface area contributed by atoms with E-state index in [4.69, 9.17) is 5.73 Å². The molecule has 4 rings (SSSR count). The number of Topliss-reactive ketones (excluding diaryl/α,β-unsaturated/α-hetero) is 2. The van der Waals surface area contributed by atoms with Crippen LogP contribution < -0.4 is 16.4 Å². The number of carbonyl (C=O) groups is 2. The molecule has 2 aromatic carbocycles. The molecule has 4 N–H and O–H groups in total. The zero-order chi connectivity index (χ0) is 30.6.